The van der Waals surface area contributed by atoms with Gasteiger partial charge in [-0.2, -0.15) is 13.2 Å². The van der Waals surface area contributed by atoms with E-state index in [1.165, 1.54) is 0 Å². The Hall–Kier alpha value is -1.05. The number of hydrogen-bond acceptors (Lipinski definition) is 3. The summed E-state index contributed by atoms with van der Waals surface area (Å²) in [6, 6.07) is -0.345. The Balaban J connectivity index is 2.49. The zero-order valence-electron chi connectivity index (χ0n) is 10.3. The van der Waals surface area contributed by atoms with Gasteiger partial charge in [-0.25, -0.2) is 4.39 Å². The number of rotatable bonds is 2. The quantitative estimate of drug-likeness (QED) is 0.824. The van der Waals surface area contributed by atoms with Crippen molar-refractivity contribution in [3.05, 3.63) is 28.5 Å². The van der Waals surface area contributed by atoms with Gasteiger partial charge in [0, 0.05) is 26.2 Å². The maximum Gasteiger partial charge on any atom is 0.408 e. The number of phenols is 1. The van der Waals surface area contributed by atoms with Crippen LogP contribution in [-0.4, -0.2) is 42.4 Å². The lowest BCUT2D eigenvalue weighted by Gasteiger charge is -2.36. The summed E-state index contributed by atoms with van der Waals surface area (Å²) in [6.07, 6.45) is -4.71. The van der Waals surface area contributed by atoms with E-state index < -0.39 is 29.3 Å². The molecule has 1 aliphatic rings. The molecule has 0 radical (unpaired) electrons. The first-order valence-corrected chi connectivity index (χ1v) is 6.38. The van der Waals surface area contributed by atoms with Crippen LogP contribution >= 0.6 is 11.6 Å². The van der Waals surface area contributed by atoms with Crippen LogP contribution in [0.2, 0.25) is 5.02 Å². The molecule has 0 spiro atoms. The van der Waals surface area contributed by atoms with Crippen LogP contribution in [0.25, 0.3) is 0 Å². The molecule has 1 atom stereocenters. The number of piperazine rings is 1. The van der Waals surface area contributed by atoms with Crippen LogP contribution in [0.1, 0.15) is 11.6 Å². The second-order valence-corrected chi connectivity index (χ2v) is 4.93. The molecule has 0 saturated carbocycles. The molecule has 2 rings (SSSR count). The van der Waals surface area contributed by atoms with Gasteiger partial charge in [0.1, 0.15) is 17.6 Å². The highest BCUT2D eigenvalue weighted by molar-refractivity contribution is 6.32. The van der Waals surface area contributed by atoms with E-state index >= 15 is 0 Å². The summed E-state index contributed by atoms with van der Waals surface area (Å²) >= 11 is 5.60. The Morgan fingerprint density at radius 1 is 1.25 bits per heavy atom. The molecule has 0 unspecified atom stereocenters. The van der Waals surface area contributed by atoms with Gasteiger partial charge in [0.25, 0.3) is 0 Å². The molecular formula is C12H13ClF4N2O. The van der Waals surface area contributed by atoms with Gasteiger partial charge in [-0.15, -0.1) is 0 Å². The Labute approximate surface area is 118 Å². The topological polar surface area (TPSA) is 35.5 Å². The fraction of sp³-hybridized carbons (Fsp3) is 0.500. The van der Waals surface area contributed by atoms with Gasteiger partial charge < -0.3 is 10.4 Å². The first-order valence-electron chi connectivity index (χ1n) is 6.00. The van der Waals surface area contributed by atoms with E-state index in [0.717, 1.165) is 17.0 Å². The number of phenolic OH excluding ortho intramolecular Hbond substituents is 1. The van der Waals surface area contributed by atoms with Gasteiger partial charge in [-0.3, -0.25) is 4.90 Å². The van der Waals surface area contributed by atoms with Gasteiger partial charge in [-0.05, 0) is 12.1 Å². The van der Waals surface area contributed by atoms with Crippen molar-refractivity contribution in [2.75, 3.05) is 26.2 Å². The molecule has 0 bridgehead atoms. The largest absolute Gasteiger partial charge is 0.506 e. The molecule has 2 N–H and O–H groups in total. The predicted octanol–water partition coefficient (Wildman–Crippen LogP) is 2.69. The van der Waals surface area contributed by atoms with Crippen molar-refractivity contribution in [1.29, 1.82) is 0 Å². The molecule has 1 aromatic carbocycles. The summed E-state index contributed by atoms with van der Waals surface area (Å²) < 4.78 is 53.7. The van der Waals surface area contributed by atoms with E-state index in [-0.39, 0.29) is 18.1 Å². The average molecular weight is 313 g/mol. The molecule has 0 aliphatic carbocycles. The molecule has 3 nitrogen and oxygen atoms in total. The molecule has 20 heavy (non-hydrogen) atoms. The SMILES string of the molecule is Oc1c(Cl)ccc(F)c1[C@@H](N1CCNCC1)C(F)(F)F. The zero-order valence-corrected chi connectivity index (χ0v) is 11.1. The van der Waals surface area contributed by atoms with Crippen LogP contribution in [-0.2, 0) is 0 Å². The summed E-state index contributed by atoms with van der Waals surface area (Å²) in [5.41, 5.74) is -0.813. The normalized spacial score (nSPS) is 19.1. The van der Waals surface area contributed by atoms with Crippen LogP contribution in [0.3, 0.4) is 0 Å². The van der Waals surface area contributed by atoms with Crippen LogP contribution < -0.4 is 5.32 Å². The van der Waals surface area contributed by atoms with Crippen molar-refractivity contribution in [3.63, 3.8) is 0 Å². The van der Waals surface area contributed by atoms with Crippen LogP contribution in [0.15, 0.2) is 12.1 Å². The molecule has 112 valence electrons. The van der Waals surface area contributed by atoms with E-state index in [1.807, 2.05) is 0 Å². The van der Waals surface area contributed by atoms with Crippen molar-refractivity contribution in [2.24, 2.45) is 0 Å². The minimum atomic E-state index is -4.71. The minimum absolute atomic E-state index is 0.107. The molecule has 1 fully saturated rings. The van der Waals surface area contributed by atoms with E-state index in [1.54, 1.807) is 0 Å². The van der Waals surface area contributed by atoms with E-state index in [4.69, 9.17) is 11.6 Å². The Morgan fingerprint density at radius 2 is 1.85 bits per heavy atom. The standard InChI is InChI=1S/C12H13ClF4N2O/c13-7-1-2-8(14)9(10(7)20)11(12(15,16)17)19-5-3-18-4-6-19/h1-2,11,18,20H,3-6H2/t11-/m1/s1. The number of alkyl halides is 3. The summed E-state index contributed by atoms with van der Waals surface area (Å²) in [4.78, 5) is 1.09. The Morgan fingerprint density at radius 3 is 2.40 bits per heavy atom. The molecule has 1 aromatic rings. The van der Waals surface area contributed by atoms with Crippen molar-refractivity contribution >= 4 is 11.6 Å². The fourth-order valence-electron chi connectivity index (χ4n) is 2.31. The summed E-state index contributed by atoms with van der Waals surface area (Å²) in [5, 5.41) is 12.4. The number of nitrogens with one attached hydrogen (secondary N) is 1. The maximum absolute atomic E-state index is 13.8. The molecule has 0 aromatic heterocycles. The van der Waals surface area contributed by atoms with Crippen molar-refractivity contribution in [2.45, 2.75) is 12.2 Å². The molecule has 8 heteroatoms. The van der Waals surface area contributed by atoms with E-state index in [0.29, 0.717) is 13.1 Å². The monoisotopic (exact) mass is 312 g/mol. The van der Waals surface area contributed by atoms with E-state index in [2.05, 4.69) is 5.32 Å². The predicted molar refractivity (Wildman–Crippen MR) is 66.3 cm³/mol. The highest BCUT2D eigenvalue weighted by Crippen LogP contribution is 2.44. The molecule has 1 heterocycles. The lowest BCUT2D eigenvalue weighted by molar-refractivity contribution is -0.189. The van der Waals surface area contributed by atoms with Gasteiger partial charge in [0.05, 0.1) is 10.6 Å². The number of nitrogens with zero attached hydrogens (tertiary/aromatic N) is 1. The number of benzene rings is 1. The van der Waals surface area contributed by atoms with Gasteiger partial charge >= 0.3 is 6.18 Å². The zero-order chi connectivity index (χ0) is 14.9. The van der Waals surface area contributed by atoms with Crippen molar-refractivity contribution < 1.29 is 22.7 Å². The lowest BCUT2D eigenvalue weighted by atomic mass is 10.0. The third kappa shape index (κ3) is 2.99. The maximum atomic E-state index is 13.8. The third-order valence-corrected chi connectivity index (χ3v) is 3.52. The molecule has 1 saturated heterocycles. The van der Waals surface area contributed by atoms with Gasteiger partial charge in [-0.1, -0.05) is 11.6 Å². The number of aromatic hydroxyl groups is 1. The third-order valence-electron chi connectivity index (χ3n) is 3.21. The number of halogens is 5. The first kappa shape index (κ1) is 15.3. The first-order chi connectivity index (χ1) is 9.32. The summed E-state index contributed by atoms with van der Waals surface area (Å²) in [7, 11) is 0. The summed E-state index contributed by atoms with van der Waals surface area (Å²) in [5.74, 6) is -1.97. The van der Waals surface area contributed by atoms with Crippen molar-refractivity contribution in [1.82, 2.24) is 10.2 Å². The summed E-state index contributed by atoms with van der Waals surface area (Å²) in [6.45, 7) is 0.955. The highest BCUT2D eigenvalue weighted by Gasteiger charge is 2.47. The van der Waals surface area contributed by atoms with Crippen LogP contribution in [0.5, 0.6) is 5.75 Å². The second-order valence-electron chi connectivity index (χ2n) is 4.52. The van der Waals surface area contributed by atoms with E-state index in [9.17, 15) is 22.7 Å². The van der Waals surface area contributed by atoms with Crippen LogP contribution in [0.4, 0.5) is 17.6 Å². The minimum Gasteiger partial charge on any atom is -0.506 e. The Bertz CT molecular complexity index is 489. The molecule has 1 aliphatic heterocycles. The smallest absolute Gasteiger partial charge is 0.408 e. The van der Waals surface area contributed by atoms with Gasteiger partial charge in [0.15, 0.2) is 0 Å². The van der Waals surface area contributed by atoms with Crippen LogP contribution in [0, 0.1) is 5.82 Å². The lowest BCUT2D eigenvalue weighted by Crippen LogP contribution is -2.49. The molecular weight excluding hydrogens is 300 g/mol. The second kappa shape index (κ2) is 5.75. The molecule has 0 amide bonds. The Kier molecular flexibility index (Phi) is 4.41. The highest BCUT2D eigenvalue weighted by atomic mass is 35.5. The number of hydrogen-bond donors (Lipinski definition) is 2. The fourth-order valence-corrected chi connectivity index (χ4v) is 2.48. The van der Waals surface area contributed by atoms with Crippen molar-refractivity contribution in [3.8, 4) is 5.75 Å². The average Bonchev–Trinajstić information content (AvgIpc) is 2.39. The van der Waals surface area contributed by atoms with Gasteiger partial charge in [0.2, 0.25) is 0 Å².